The van der Waals surface area contributed by atoms with Gasteiger partial charge in [-0.15, -0.1) is 0 Å². The van der Waals surface area contributed by atoms with Gasteiger partial charge in [0.05, 0.1) is 0 Å². The van der Waals surface area contributed by atoms with Crippen molar-refractivity contribution >= 4 is 21.7 Å². The lowest BCUT2D eigenvalue weighted by molar-refractivity contribution is 0.0929. The molecule has 0 aliphatic heterocycles. The van der Waals surface area contributed by atoms with E-state index in [1.54, 1.807) is 0 Å². The summed E-state index contributed by atoms with van der Waals surface area (Å²) in [6.07, 6.45) is 0.759. The zero-order valence-corrected chi connectivity index (χ0v) is 11.9. The van der Waals surface area contributed by atoms with Crippen LogP contribution in [-0.4, -0.2) is 5.78 Å². The van der Waals surface area contributed by atoms with Crippen molar-refractivity contribution in [3.63, 3.8) is 0 Å². The lowest BCUT2D eigenvalue weighted by atomic mass is 9.93. The van der Waals surface area contributed by atoms with Crippen LogP contribution >= 0.6 is 15.9 Å². The Balaban J connectivity index is 2.11. The van der Waals surface area contributed by atoms with Gasteiger partial charge in [-0.2, -0.15) is 0 Å². The van der Waals surface area contributed by atoms with Gasteiger partial charge in [-0.25, -0.2) is 0 Å². The highest BCUT2D eigenvalue weighted by Gasteiger charge is 2.16. The second kappa shape index (κ2) is 5.96. The highest BCUT2D eigenvalue weighted by atomic mass is 79.9. The Hall–Kier alpha value is -1.41. The van der Waals surface area contributed by atoms with Crippen LogP contribution in [0.25, 0.3) is 0 Å². The van der Waals surface area contributed by atoms with Gasteiger partial charge in [-0.05, 0) is 18.1 Å². The molecule has 0 spiro atoms. The molecule has 2 heteroatoms. The number of rotatable bonds is 4. The standard InChI is InChI=1S/C16H15BrO/c1-12(11-14-9-5-6-10-15(14)17)16(18)13-7-3-2-4-8-13/h2-10,12H,11H2,1H3. The third-order valence-corrected chi connectivity index (χ3v) is 3.76. The van der Waals surface area contributed by atoms with Gasteiger partial charge in [0, 0.05) is 16.0 Å². The van der Waals surface area contributed by atoms with Crippen molar-refractivity contribution in [3.05, 3.63) is 70.2 Å². The number of hydrogen-bond donors (Lipinski definition) is 0. The number of carbonyl (C=O) groups is 1. The molecule has 1 nitrogen and oxygen atoms in total. The van der Waals surface area contributed by atoms with Crippen LogP contribution in [0.1, 0.15) is 22.8 Å². The SMILES string of the molecule is CC(Cc1ccccc1Br)C(=O)c1ccccc1. The monoisotopic (exact) mass is 302 g/mol. The second-order valence-corrected chi connectivity index (χ2v) is 5.28. The van der Waals surface area contributed by atoms with Gasteiger partial charge in [0.15, 0.2) is 5.78 Å². The summed E-state index contributed by atoms with van der Waals surface area (Å²) < 4.78 is 1.07. The zero-order chi connectivity index (χ0) is 13.0. The number of halogens is 1. The largest absolute Gasteiger partial charge is 0.294 e. The van der Waals surface area contributed by atoms with Crippen molar-refractivity contribution in [2.45, 2.75) is 13.3 Å². The summed E-state index contributed by atoms with van der Waals surface area (Å²) in [6.45, 7) is 1.98. The molecule has 0 bridgehead atoms. The molecule has 0 fully saturated rings. The van der Waals surface area contributed by atoms with E-state index in [2.05, 4.69) is 22.0 Å². The maximum Gasteiger partial charge on any atom is 0.165 e. The molecule has 0 radical (unpaired) electrons. The molecule has 0 heterocycles. The van der Waals surface area contributed by atoms with Crippen LogP contribution in [0.4, 0.5) is 0 Å². The molecule has 0 amide bonds. The first-order valence-electron chi connectivity index (χ1n) is 6.01. The maximum absolute atomic E-state index is 12.2. The molecule has 0 saturated heterocycles. The Labute approximate surface area is 116 Å². The number of Topliss-reactive ketones (excluding diaryl/α,β-unsaturated/α-hetero) is 1. The minimum Gasteiger partial charge on any atom is -0.294 e. The van der Waals surface area contributed by atoms with Crippen LogP contribution in [0.5, 0.6) is 0 Å². The van der Waals surface area contributed by atoms with E-state index in [1.165, 1.54) is 5.56 Å². The first-order chi connectivity index (χ1) is 8.68. The summed E-state index contributed by atoms with van der Waals surface area (Å²) in [7, 11) is 0. The molecule has 0 saturated carbocycles. The molecule has 2 aromatic rings. The number of ketones is 1. The highest BCUT2D eigenvalue weighted by molar-refractivity contribution is 9.10. The quantitative estimate of drug-likeness (QED) is 0.759. The number of hydrogen-bond acceptors (Lipinski definition) is 1. The van der Waals surface area contributed by atoms with Crippen molar-refractivity contribution < 1.29 is 4.79 Å². The number of carbonyl (C=O) groups excluding carboxylic acids is 1. The molecule has 0 N–H and O–H groups in total. The molecular formula is C16H15BrO. The van der Waals surface area contributed by atoms with E-state index in [0.29, 0.717) is 0 Å². The minimum absolute atomic E-state index is 0.00824. The van der Waals surface area contributed by atoms with Crippen molar-refractivity contribution in [1.82, 2.24) is 0 Å². The highest BCUT2D eigenvalue weighted by Crippen LogP contribution is 2.21. The van der Waals surface area contributed by atoms with Gasteiger partial charge in [0.1, 0.15) is 0 Å². The van der Waals surface area contributed by atoms with Gasteiger partial charge in [0.2, 0.25) is 0 Å². The molecule has 18 heavy (non-hydrogen) atoms. The lowest BCUT2D eigenvalue weighted by Crippen LogP contribution is -2.14. The van der Waals surface area contributed by atoms with Gasteiger partial charge in [-0.1, -0.05) is 71.4 Å². The summed E-state index contributed by atoms with van der Waals surface area (Å²) in [4.78, 5) is 12.2. The van der Waals surface area contributed by atoms with Crippen molar-refractivity contribution in [3.8, 4) is 0 Å². The van der Waals surface area contributed by atoms with E-state index in [1.807, 2.05) is 55.5 Å². The second-order valence-electron chi connectivity index (χ2n) is 4.43. The average Bonchev–Trinajstić information content (AvgIpc) is 2.41. The Bertz CT molecular complexity index is 534. The van der Waals surface area contributed by atoms with Crippen LogP contribution in [0.2, 0.25) is 0 Å². The van der Waals surface area contributed by atoms with Crippen molar-refractivity contribution in [2.75, 3.05) is 0 Å². The average molecular weight is 303 g/mol. The smallest absolute Gasteiger partial charge is 0.165 e. The molecule has 92 valence electrons. The summed E-state index contributed by atoms with van der Waals surface area (Å²) >= 11 is 3.52. The Morgan fingerprint density at radius 2 is 1.67 bits per heavy atom. The van der Waals surface area contributed by atoms with Crippen LogP contribution in [0, 0.1) is 5.92 Å². The van der Waals surface area contributed by atoms with Gasteiger partial charge in [0.25, 0.3) is 0 Å². The van der Waals surface area contributed by atoms with E-state index in [9.17, 15) is 4.79 Å². The van der Waals surface area contributed by atoms with Crippen LogP contribution in [0.15, 0.2) is 59.1 Å². The minimum atomic E-state index is -0.00824. The summed E-state index contributed by atoms with van der Waals surface area (Å²) in [6, 6.07) is 17.5. The molecule has 2 aromatic carbocycles. The predicted molar refractivity (Wildman–Crippen MR) is 77.8 cm³/mol. The first-order valence-corrected chi connectivity index (χ1v) is 6.80. The summed E-state index contributed by atoms with van der Waals surface area (Å²) in [5.41, 5.74) is 1.96. The number of benzene rings is 2. The van der Waals surface area contributed by atoms with E-state index >= 15 is 0 Å². The van der Waals surface area contributed by atoms with Gasteiger partial charge >= 0.3 is 0 Å². The molecule has 0 aliphatic rings. The molecule has 0 aliphatic carbocycles. The summed E-state index contributed by atoms with van der Waals surface area (Å²) in [5, 5.41) is 0. The molecule has 0 aromatic heterocycles. The predicted octanol–water partition coefficient (Wildman–Crippen LogP) is 4.51. The Morgan fingerprint density at radius 3 is 2.33 bits per heavy atom. The Kier molecular flexibility index (Phi) is 4.32. The van der Waals surface area contributed by atoms with Crippen molar-refractivity contribution in [1.29, 1.82) is 0 Å². The third-order valence-electron chi connectivity index (χ3n) is 2.99. The van der Waals surface area contributed by atoms with Gasteiger partial charge < -0.3 is 0 Å². The van der Waals surface area contributed by atoms with E-state index in [0.717, 1.165) is 16.5 Å². The maximum atomic E-state index is 12.2. The lowest BCUT2D eigenvalue weighted by Gasteiger charge is -2.11. The van der Waals surface area contributed by atoms with Crippen molar-refractivity contribution in [2.24, 2.45) is 5.92 Å². The van der Waals surface area contributed by atoms with Crippen LogP contribution in [0.3, 0.4) is 0 Å². The van der Waals surface area contributed by atoms with Gasteiger partial charge in [-0.3, -0.25) is 4.79 Å². The fourth-order valence-electron chi connectivity index (χ4n) is 1.97. The van der Waals surface area contributed by atoms with E-state index in [4.69, 9.17) is 0 Å². The zero-order valence-electron chi connectivity index (χ0n) is 10.3. The molecule has 1 atom stereocenters. The topological polar surface area (TPSA) is 17.1 Å². The molecule has 1 unspecified atom stereocenters. The third kappa shape index (κ3) is 3.08. The van der Waals surface area contributed by atoms with E-state index < -0.39 is 0 Å². The first kappa shape index (κ1) is 13.0. The fourth-order valence-corrected chi connectivity index (χ4v) is 2.42. The fraction of sp³-hybridized carbons (Fsp3) is 0.188. The normalized spacial score (nSPS) is 12.1. The van der Waals surface area contributed by atoms with E-state index in [-0.39, 0.29) is 11.7 Å². The Morgan fingerprint density at radius 1 is 1.06 bits per heavy atom. The molecule has 2 rings (SSSR count). The van der Waals surface area contributed by atoms with Crippen LogP contribution in [-0.2, 0) is 6.42 Å². The molecular weight excluding hydrogens is 288 g/mol. The van der Waals surface area contributed by atoms with Crippen LogP contribution < -0.4 is 0 Å². The summed E-state index contributed by atoms with van der Waals surface area (Å²) in [5.74, 6) is 0.192.